The Balaban J connectivity index is 2.61. The maximum absolute atomic E-state index is 12.1. The monoisotopic (exact) mass is 315 g/mol. The minimum Gasteiger partial charge on any atom is -0.344 e. The molecule has 2 heterocycles. The number of hydrogen-bond donors (Lipinski definition) is 1. The average molecular weight is 315 g/mol. The number of aromatic nitrogens is 2. The number of azide groups is 1. The highest BCUT2D eigenvalue weighted by Crippen LogP contribution is 2.49. The SMILES string of the molecule is C=CC[C@@]1(N=[N+]=[N-])O[C@@H](n2ccc(=O)[nH]c2=O)[C@H](C=C)[C@@H]1C=C. The van der Waals surface area contributed by atoms with Crippen molar-refractivity contribution in [2.75, 3.05) is 0 Å². The lowest BCUT2D eigenvalue weighted by molar-refractivity contribution is -0.0787. The van der Waals surface area contributed by atoms with Crippen molar-refractivity contribution in [2.24, 2.45) is 17.0 Å². The standard InChI is InChI=1S/C15H17N5O3/c1-4-8-15(18-19-16)11(6-3)10(5-2)13(23-15)20-9-7-12(21)17-14(20)22/h4-7,9-11,13H,1-3,8H2,(H,17,21,22)/t10-,11+,13-,15-/m1/s1. The smallest absolute Gasteiger partial charge is 0.330 e. The lowest BCUT2D eigenvalue weighted by Crippen LogP contribution is -2.34. The average Bonchev–Trinajstić information content (AvgIpc) is 2.81. The van der Waals surface area contributed by atoms with E-state index in [1.807, 2.05) is 0 Å². The van der Waals surface area contributed by atoms with Gasteiger partial charge in [0.15, 0.2) is 5.72 Å². The first-order chi connectivity index (χ1) is 11.0. The molecule has 0 spiro atoms. The molecule has 1 aromatic heterocycles. The second-order valence-corrected chi connectivity index (χ2v) is 5.13. The van der Waals surface area contributed by atoms with Crippen LogP contribution in [0.2, 0.25) is 0 Å². The van der Waals surface area contributed by atoms with E-state index in [2.05, 4.69) is 34.7 Å². The molecule has 1 saturated heterocycles. The molecule has 8 nitrogen and oxygen atoms in total. The third-order valence-electron chi connectivity index (χ3n) is 3.89. The van der Waals surface area contributed by atoms with E-state index in [1.165, 1.54) is 16.8 Å². The Bertz CT molecular complexity index is 789. The molecule has 0 bridgehead atoms. The number of nitrogens with one attached hydrogen (secondary N) is 1. The number of hydrogen-bond acceptors (Lipinski definition) is 4. The topological polar surface area (TPSA) is 113 Å². The van der Waals surface area contributed by atoms with Crippen LogP contribution in [0.25, 0.3) is 10.4 Å². The van der Waals surface area contributed by atoms with Crippen molar-refractivity contribution in [2.45, 2.75) is 18.4 Å². The molecule has 1 aliphatic heterocycles. The van der Waals surface area contributed by atoms with Gasteiger partial charge in [0.25, 0.3) is 5.56 Å². The highest BCUT2D eigenvalue weighted by Gasteiger charge is 2.52. The van der Waals surface area contributed by atoms with E-state index in [1.54, 1.807) is 18.2 Å². The van der Waals surface area contributed by atoms with E-state index < -0.39 is 29.1 Å². The van der Waals surface area contributed by atoms with Gasteiger partial charge in [0.2, 0.25) is 0 Å². The zero-order chi connectivity index (χ0) is 17.0. The molecule has 0 radical (unpaired) electrons. The summed E-state index contributed by atoms with van der Waals surface area (Å²) in [6.07, 6.45) is 5.59. The van der Waals surface area contributed by atoms with E-state index in [0.717, 1.165) is 0 Å². The third-order valence-corrected chi connectivity index (χ3v) is 3.89. The number of H-pyrrole nitrogens is 1. The summed E-state index contributed by atoms with van der Waals surface area (Å²) in [4.78, 5) is 28.3. The first-order valence-electron chi connectivity index (χ1n) is 6.94. The zero-order valence-corrected chi connectivity index (χ0v) is 12.5. The molecule has 1 aromatic rings. The third kappa shape index (κ3) is 2.77. The summed E-state index contributed by atoms with van der Waals surface area (Å²) >= 11 is 0. The first kappa shape index (κ1) is 16.5. The van der Waals surface area contributed by atoms with Gasteiger partial charge in [0.05, 0.1) is 0 Å². The van der Waals surface area contributed by atoms with Crippen LogP contribution in [0.4, 0.5) is 0 Å². The Kier molecular flexibility index (Phi) is 4.68. The molecule has 0 saturated carbocycles. The summed E-state index contributed by atoms with van der Waals surface area (Å²) in [5.74, 6) is -0.778. The molecule has 2 rings (SSSR count). The minimum absolute atomic E-state index is 0.243. The van der Waals surface area contributed by atoms with Gasteiger partial charge < -0.3 is 4.74 Å². The predicted octanol–water partition coefficient (Wildman–Crippen LogP) is 2.25. The fraction of sp³-hybridized carbons (Fsp3) is 0.333. The predicted molar refractivity (Wildman–Crippen MR) is 85.5 cm³/mol. The Morgan fingerprint density at radius 3 is 2.70 bits per heavy atom. The van der Waals surface area contributed by atoms with Crippen LogP contribution in [0.3, 0.4) is 0 Å². The molecule has 0 amide bonds. The van der Waals surface area contributed by atoms with E-state index in [9.17, 15) is 9.59 Å². The maximum Gasteiger partial charge on any atom is 0.330 e. The van der Waals surface area contributed by atoms with Gasteiger partial charge in [-0.3, -0.25) is 14.3 Å². The normalized spacial score (nSPS) is 29.5. The Morgan fingerprint density at radius 1 is 1.43 bits per heavy atom. The summed E-state index contributed by atoms with van der Waals surface area (Å²) in [7, 11) is 0. The lowest BCUT2D eigenvalue weighted by Gasteiger charge is -2.27. The Morgan fingerprint density at radius 2 is 2.17 bits per heavy atom. The second kappa shape index (κ2) is 6.51. The van der Waals surface area contributed by atoms with E-state index >= 15 is 0 Å². The molecule has 0 unspecified atom stereocenters. The van der Waals surface area contributed by atoms with Crippen LogP contribution in [-0.4, -0.2) is 15.3 Å². The van der Waals surface area contributed by atoms with Crippen LogP contribution in [0.1, 0.15) is 12.6 Å². The van der Waals surface area contributed by atoms with Crippen LogP contribution in [0, 0.1) is 11.8 Å². The largest absolute Gasteiger partial charge is 0.344 e. The maximum atomic E-state index is 12.1. The molecule has 120 valence electrons. The zero-order valence-electron chi connectivity index (χ0n) is 12.5. The first-order valence-corrected chi connectivity index (χ1v) is 6.94. The van der Waals surface area contributed by atoms with E-state index in [-0.39, 0.29) is 12.3 Å². The lowest BCUT2D eigenvalue weighted by atomic mass is 9.84. The van der Waals surface area contributed by atoms with Crippen LogP contribution in [0.15, 0.2) is 64.9 Å². The van der Waals surface area contributed by atoms with Gasteiger partial charge in [-0.05, 0) is 5.53 Å². The summed E-state index contributed by atoms with van der Waals surface area (Å²) in [5, 5.41) is 3.80. The Hall–Kier alpha value is -2.83. The van der Waals surface area contributed by atoms with Crippen LogP contribution in [0.5, 0.6) is 0 Å². The number of ether oxygens (including phenoxy) is 1. The van der Waals surface area contributed by atoms with E-state index in [4.69, 9.17) is 10.3 Å². The molecule has 1 aliphatic rings. The summed E-state index contributed by atoms with van der Waals surface area (Å²) in [6, 6.07) is 1.22. The van der Waals surface area contributed by atoms with Crippen molar-refractivity contribution in [3.63, 3.8) is 0 Å². The summed E-state index contributed by atoms with van der Waals surface area (Å²) < 4.78 is 7.19. The number of nitrogens with zero attached hydrogens (tertiary/aromatic N) is 4. The Labute approximate surface area is 132 Å². The molecule has 0 aromatic carbocycles. The molecule has 1 N–H and O–H groups in total. The van der Waals surface area contributed by atoms with Crippen molar-refractivity contribution < 1.29 is 4.74 Å². The van der Waals surface area contributed by atoms with Gasteiger partial charge in [-0.2, -0.15) is 0 Å². The van der Waals surface area contributed by atoms with Crippen molar-refractivity contribution in [1.29, 1.82) is 0 Å². The number of rotatable bonds is 6. The molecule has 23 heavy (non-hydrogen) atoms. The molecule has 8 heteroatoms. The number of aromatic amines is 1. The molecular weight excluding hydrogens is 298 g/mol. The van der Waals surface area contributed by atoms with Crippen molar-refractivity contribution in [3.05, 3.63) is 81.5 Å². The molecule has 1 fully saturated rings. The molecule has 0 aliphatic carbocycles. The fourth-order valence-electron chi connectivity index (χ4n) is 2.92. The summed E-state index contributed by atoms with van der Waals surface area (Å²) in [5.41, 5.74) is 6.53. The minimum atomic E-state index is -1.25. The quantitative estimate of drug-likeness (QED) is 0.376. The second-order valence-electron chi connectivity index (χ2n) is 5.13. The van der Waals surface area contributed by atoms with E-state index in [0.29, 0.717) is 0 Å². The molecular formula is C15H17N5O3. The summed E-state index contributed by atoms with van der Waals surface area (Å²) in [6.45, 7) is 11.2. The highest BCUT2D eigenvalue weighted by molar-refractivity contribution is 5.12. The fourth-order valence-corrected chi connectivity index (χ4v) is 2.92. The van der Waals surface area contributed by atoms with Crippen LogP contribution >= 0.6 is 0 Å². The van der Waals surface area contributed by atoms with Gasteiger partial charge in [0, 0.05) is 35.4 Å². The van der Waals surface area contributed by atoms with Crippen molar-refractivity contribution in [3.8, 4) is 0 Å². The van der Waals surface area contributed by atoms with Gasteiger partial charge in [-0.25, -0.2) is 4.79 Å². The van der Waals surface area contributed by atoms with Gasteiger partial charge in [0.1, 0.15) is 6.23 Å². The van der Waals surface area contributed by atoms with Crippen LogP contribution in [-0.2, 0) is 4.74 Å². The van der Waals surface area contributed by atoms with Crippen molar-refractivity contribution in [1.82, 2.24) is 9.55 Å². The van der Waals surface area contributed by atoms with Gasteiger partial charge >= 0.3 is 5.69 Å². The van der Waals surface area contributed by atoms with Gasteiger partial charge in [-0.15, -0.1) is 19.7 Å². The van der Waals surface area contributed by atoms with Crippen molar-refractivity contribution >= 4 is 0 Å². The van der Waals surface area contributed by atoms with Gasteiger partial charge in [-0.1, -0.05) is 23.3 Å². The molecule has 4 atom stereocenters. The highest BCUT2D eigenvalue weighted by atomic mass is 16.5. The van der Waals surface area contributed by atoms with Crippen LogP contribution < -0.4 is 11.2 Å².